The van der Waals surface area contributed by atoms with Gasteiger partial charge in [0.1, 0.15) is 17.9 Å². The van der Waals surface area contributed by atoms with Gasteiger partial charge < -0.3 is 21.3 Å². The van der Waals surface area contributed by atoms with Gasteiger partial charge in [-0.25, -0.2) is 4.39 Å². The molecule has 1 aromatic rings. The maximum atomic E-state index is 14.5. The average molecular weight is 569 g/mol. The number of Topliss-reactive ketones (excluding diaryl/α,β-unsaturated/α-hetero) is 1. The van der Waals surface area contributed by atoms with Gasteiger partial charge in [0.05, 0.1) is 6.04 Å². The smallest absolute Gasteiger partial charge is 0.289 e. The molecule has 0 saturated heterocycles. The van der Waals surface area contributed by atoms with Gasteiger partial charge in [-0.05, 0) is 62.3 Å². The summed E-state index contributed by atoms with van der Waals surface area (Å²) in [7, 11) is 0. The molecular formula is C31H41FN4O5. The highest BCUT2D eigenvalue weighted by Gasteiger charge is 2.33. The Morgan fingerprint density at radius 2 is 1.59 bits per heavy atom. The number of rotatable bonds is 12. The Morgan fingerprint density at radius 1 is 0.902 bits per heavy atom. The van der Waals surface area contributed by atoms with E-state index in [1.54, 1.807) is 50.3 Å². The standard InChI is InChI=1S/C31H41FN4O5/c1-19(2)26(27(37)31(41)34-23-15-8-5-9-16-23)36-28(38)20(3)33-30(40)25(18-22-14-10-11-17-24(22)32)35-29(39)21-12-6-4-7-13-21/h4,6-7,11-13,17,19-20,23,25-26H,5,8-10,14-16,18H2,1-3H3,(H,33,40)(H,34,41)(H,35,39)(H,36,38). The van der Waals surface area contributed by atoms with Gasteiger partial charge in [-0.3, -0.25) is 24.0 Å². The van der Waals surface area contributed by atoms with E-state index in [0.29, 0.717) is 24.0 Å². The van der Waals surface area contributed by atoms with Crippen molar-refractivity contribution in [3.63, 3.8) is 0 Å². The van der Waals surface area contributed by atoms with Crippen LogP contribution >= 0.6 is 0 Å². The van der Waals surface area contributed by atoms with Crippen molar-refractivity contribution in [1.29, 1.82) is 0 Å². The SMILES string of the molecule is CC(NC(=O)C(CC1=C(F)C=CCC1)NC(=O)c1ccccc1)C(=O)NC(C(=O)C(=O)NC1CCCCC1)C(C)C. The van der Waals surface area contributed by atoms with Crippen LogP contribution in [-0.4, -0.2) is 53.6 Å². The summed E-state index contributed by atoms with van der Waals surface area (Å²) in [6.45, 7) is 4.88. The van der Waals surface area contributed by atoms with Crippen molar-refractivity contribution in [2.45, 2.75) is 96.3 Å². The van der Waals surface area contributed by atoms with Crippen LogP contribution in [0.1, 0.15) is 82.5 Å². The first kappa shape index (κ1) is 31.7. The van der Waals surface area contributed by atoms with Crippen molar-refractivity contribution in [2.75, 3.05) is 0 Å². The second-order valence-corrected chi connectivity index (χ2v) is 11.1. The third kappa shape index (κ3) is 9.37. The van der Waals surface area contributed by atoms with Crippen molar-refractivity contribution in [1.82, 2.24) is 21.3 Å². The molecule has 0 aromatic heterocycles. The van der Waals surface area contributed by atoms with Crippen LogP contribution in [-0.2, 0) is 19.2 Å². The first-order valence-corrected chi connectivity index (χ1v) is 14.4. The van der Waals surface area contributed by atoms with Crippen molar-refractivity contribution >= 4 is 29.4 Å². The van der Waals surface area contributed by atoms with E-state index < -0.39 is 53.4 Å². The Hall–Kier alpha value is -3.82. The maximum Gasteiger partial charge on any atom is 0.289 e. The molecule has 0 aliphatic heterocycles. The van der Waals surface area contributed by atoms with E-state index in [4.69, 9.17) is 0 Å². The summed E-state index contributed by atoms with van der Waals surface area (Å²) >= 11 is 0. The van der Waals surface area contributed by atoms with Gasteiger partial charge in [0.2, 0.25) is 17.6 Å². The van der Waals surface area contributed by atoms with Crippen LogP contribution in [0, 0.1) is 5.92 Å². The van der Waals surface area contributed by atoms with Gasteiger partial charge >= 0.3 is 0 Å². The molecule has 1 fully saturated rings. The van der Waals surface area contributed by atoms with Crippen LogP contribution in [0.4, 0.5) is 4.39 Å². The van der Waals surface area contributed by atoms with Crippen LogP contribution in [0.15, 0.2) is 53.9 Å². The summed E-state index contributed by atoms with van der Waals surface area (Å²) in [6.07, 6.45) is 8.73. The predicted molar refractivity (Wildman–Crippen MR) is 153 cm³/mol. The number of benzene rings is 1. The number of nitrogens with one attached hydrogen (secondary N) is 4. The van der Waals surface area contributed by atoms with E-state index in [-0.39, 0.29) is 18.4 Å². The Kier molecular flexibility index (Phi) is 11.8. The van der Waals surface area contributed by atoms with E-state index in [9.17, 15) is 28.4 Å². The number of amides is 4. The summed E-state index contributed by atoms with van der Waals surface area (Å²) in [5.74, 6) is -4.13. The minimum absolute atomic E-state index is 0.0513. The highest BCUT2D eigenvalue weighted by Crippen LogP contribution is 2.24. The first-order chi connectivity index (χ1) is 19.6. The molecule has 0 heterocycles. The molecule has 10 heteroatoms. The summed E-state index contributed by atoms with van der Waals surface area (Å²) < 4.78 is 14.5. The molecular weight excluding hydrogens is 527 g/mol. The van der Waals surface area contributed by atoms with E-state index >= 15 is 0 Å². The molecule has 1 aromatic carbocycles. The fourth-order valence-electron chi connectivity index (χ4n) is 5.01. The molecule has 3 rings (SSSR count). The largest absolute Gasteiger partial charge is 0.347 e. The van der Waals surface area contributed by atoms with Gasteiger partial charge in [0.15, 0.2) is 0 Å². The van der Waals surface area contributed by atoms with E-state index in [1.807, 2.05) is 0 Å². The van der Waals surface area contributed by atoms with E-state index in [0.717, 1.165) is 32.1 Å². The lowest BCUT2D eigenvalue weighted by molar-refractivity contribution is -0.141. The average Bonchev–Trinajstić information content (AvgIpc) is 2.96. The third-order valence-electron chi connectivity index (χ3n) is 7.49. The van der Waals surface area contributed by atoms with Crippen LogP contribution in [0.5, 0.6) is 0 Å². The van der Waals surface area contributed by atoms with Crippen LogP contribution in [0.3, 0.4) is 0 Å². The van der Waals surface area contributed by atoms with Crippen molar-refractivity contribution in [2.24, 2.45) is 5.92 Å². The zero-order valence-electron chi connectivity index (χ0n) is 24.0. The van der Waals surface area contributed by atoms with E-state index in [2.05, 4.69) is 21.3 Å². The van der Waals surface area contributed by atoms with Gasteiger partial charge in [0.25, 0.3) is 11.8 Å². The van der Waals surface area contributed by atoms with E-state index in [1.165, 1.54) is 13.0 Å². The Morgan fingerprint density at radius 3 is 2.22 bits per heavy atom. The molecule has 0 bridgehead atoms. The van der Waals surface area contributed by atoms with Crippen molar-refractivity contribution in [3.8, 4) is 0 Å². The molecule has 9 nitrogen and oxygen atoms in total. The third-order valence-corrected chi connectivity index (χ3v) is 7.49. The Bertz CT molecular complexity index is 1170. The van der Waals surface area contributed by atoms with Crippen molar-refractivity contribution in [3.05, 3.63) is 59.4 Å². The monoisotopic (exact) mass is 568 g/mol. The number of hydrogen-bond acceptors (Lipinski definition) is 5. The highest BCUT2D eigenvalue weighted by atomic mass is 19.1. The number of hydrogen-bond donors (Lipinski definition) is 4. The lowest BCUT2D eigenvalue weighted by Gasteiger charge is -2.27. The predicted octanol–water partition coefficient (Wildman–Crippen LogP) is 3.41. The van der Waals surface area contributed by atoms with Crippen LogP contribution < -0.4 is 21.3 Å². The van der Waals surface area contributed by atoms with Crippen LogP contribution in [0.25, 0.3) is 0 Å². The lowest BCUT2D eigenvalue weighted by atomic mass is 9.94. The Labute approximate surface area is 240 Å². The molecule has 1 saturated carbocycles. The van der Waals surface area contributed by atoms with Gasteiger partial charge in [-0.1, -0.05) is 57.4 Å². The number of carbonyl (C=O) groups is 5. The molecule has 3 unspecified atom stereocenters. The molecule has 3 atom stereocenters. The fraction of sp³-hybridized carbons (Fsp3) is 0.516. The molecule has 4 amide bonds. The second kappa shape index (κ2) is 15.3. The summed E-state index contributed by atoms with van der Waals surface area (Å²) in [5, 5.41) is 10.6. The maximum absolute atomic E-state index is 14.5. The number of allylic oxidation sites excluding steroid dienone is 3. The molecule has 0 radical (unpaired) electrons. The van der Waals surface area contributed by atoms with Crippen molar-refractivity contribution < 1.29 is 28.4 Å². The number of carbonyl (C=O) groups excluding carboxylic acids is 5. The first-order valence-electron chi connectivity index (χ1n) is 14.4. The van der Waals surface area contributed by atoms with Gasteiger partial charge in [-0.15, -0.1) is 0 Å². The topological polar surface area (TPSA) is 133 Å². The molecule has 2 aliphatic rings. The zero-order valence-corrected chi connectivity index (χ0v) is 24.0. The lowest BCUT2D eigenvalue weighted by Crippen LogP contribution is -2.57. The normalized spacial score (nSPS) is 17.8. The summed E-state index contributed by atoms with van der Waals surface area (Å²) in [4.78, 5) is 64.8. The summed E-state index contributed by atoms with van der Waals surface area (Å²) in [6, 6.07) is 4.95. The minimum atomic E-state index is -1.14. The Balaban J connectivity index is 1.66. The van der Waals surface area contributed by atoms with Crippen LogP contribution in [0.2, 0.25) is 0 Å². The molecule has 4 N–H and O–H groups in total. The molecule has 2 aliphatic carbocycles. The highest BCUT2D eigenvalue weighted by molar-refractivity contribution is 6.38. The summed E-state index contributed by atoms with van der Waals surface area (Å²) in [5.41, 5.74) is 0.728. The second-order valence-electron chi connectivity index (χ2n) is 11.1. The fourth-order valence-corrected chi connectivity index (χ4v) is 5.01. The van der Waals surface area contributed by atoms with Gasteiger partial charge in [0, 0.05) is 18.0 Å². The molecule has 0 spiro atoms. The molecule has 222 valence electrons. The number of ketones is 1. The zero-order chi connectivity index (χ0) is 29.9. The molecule has 41 heavy (non-hydrogen) atoms. The van der Waals surface area contributed by atoms with Gasteiger partial charge in [-0.2, -0.15) is 0 Å². The minimum Gasteiger partial charge on any atom is -0.347 e. The quantitative estimate of drug-likeness (QED) is 0.287. The number of halogens is 1.